The van der Waals surface area contributed by atoms with Crippen molar-refractivity contribution < 1.29 is 18.7 Å². The second-order valence-electron chi connectivity index (χ2n) is 6.28. The number of ether oxygens (including phenoxy) is 2. The van der Waals surface area contributed by atoms with Gasteiger partial charge in [-0.05, 0) is 47.8 Å². The number of thiophene rings is 1. The summed E-state index contributed by atoms with van der Waals surface area (Å²) < 4.78 is 25.4. The predicted octanol–water partition coefficient (Wildman–Crippen LogP) is 3.81. The van der Waals surface area contributed by atoms with Gasteiger partial charge in [0.25, 0.3) is 5.91 Å². The van der Waals surface area contributed by atoms with E-state index in [9.17, 15) is 9.18 Å². The highest BCUT2D eigenvalue weighted by Crippen LogP contribution is 2.26. The molecule has 0 aliphatic rings. The van der Waals surface area contributed by atoms with Crippen LogP contribution in [0.4, 0.5) is 10.1 Å². The van der Waals surface area contributed by atoms with E-state index in [2.05, 4.69) is 20.4 Å². The van der Waals surface area contributed by atoms with Crippen molar-refractivity contribution in [2.24, 2.45) is 0 Å². The molecule has 158 valence electrons. The van der Waals surface area contributed by atoms with Gasteiger partial charge in [0.05, 0.1) is 17.2 Å². The predicted molar refractivity (Wildman–Crippen MR) is 114 cm³/mol. The van der Waals surface area contributed by atoms with Crippen LogP contribution < -0.4 is 10.1 Å². The molecule has 0 radical (unpaired) electrons. The third-order valence-electron chi connectivity index (χ3n) is 4.17. The summed E-state index contributed by atoms with van der Waals surface area (Å²) in [5.41, 5.74) is 0.973. The number of carbonyl (C=O) groups is 1. The van der Waals surface area contributed by atoms with Gasteiger partial charge in [0.2, 0.25) is 11.7 Å². The van der Waals surface area contributed by atoms with Gasteiger partial charge >= 0.3 is 0 Å². The lowest BCUT2D eigenvalue weighted by Gasteiger charge is -2.09. The number of amides is 1. The fourth-order valence-corrected chi connectivity index (χ4v) is 3.44. The summed E-state index contributed by atoms with van der Waals surface area (Å²) in [5, 5.41) is 9.00. The molecule has 3 heterocycles. The van der Waals surface area contributed by atoms with Gasteiger partial charge in [0.1, 0.15) is 18.1 Å². The quantitative estimate of drug-likeness (QED) is 0.420. The molecule has 0 fully saturated rings. The van der Waals surface area contributed by atoms with Crippen LogP contribution in [0.15, 0.2) is 60.1 Å². The molecule has 10 heteroatoms. The minimum Gasteiger partial charge on any atom is -0.474 e. The first-order valence-electron chi connectivity index (χ1n) is 9.30. The van der Waals surface area contributed by atoms with E-state index in [0.717, 1.165) is 4.88 Å². The zero-order chi connectivity index (χ0) is 21.6. The van der Waals surface area contributed by atoms with Gasteiger partial charge in [-0.25, -0.2) is 19.0 Å². The number of halogens is 1. The average molecular weight is 439 g/mol. The lowest BCUT2D eigenvalue weighted by Crippen LogP contribution is -2.16. The zero-order valence-electron chi connectivity index (χ0n) is 16.5. The SMILES string of the molecule is COCCOc1ncccc1NC(=O)c1nc(-c2cccs2)n(-c2ccc(F)cc2)n1. The van der Waals surface area contributed by atoms with Gasteiger partial charge in [-0.3, -0.25) is 4.79 Å². The van der Waals surface area contributed by atoms with Crippen molar-refractivity contribution in [3.05, 3.63) is 71.7 Å². The van der Waals surface area contributed by atoms with Gasteiger partial charge in [-0.2, -0.15) is 0 Å². The van der Waals surface area contributed by atoms with Gasteiger partial charge < -0.3 is 14.8 Å². The number of nitrogens with zero attached hydrogens (tertiary/aromatic N) is 4. The lowest BCUT2D eigenvalue weighted by atomic mass is 10.3. The largest absolute Gasteiger partial charge is 0.474 e. The van der Waals surface area contributed by atoms with E-state index in [0.29, 0.717) is 23.8 Å². The highest BCUT2D eigenvalue weighted by molar-refractivity contribution is 7.13. The second-order valence-corrected chi connectivity index (χ2v) is 7.22. The van der Waals surface area contributed by atoms with Crippen molar-refractivity contribution >= 4 is 22.9 Å². The standard InChI is InChI=1S/C21H18FN5O3S/c1-29-11-12-30-21-16(4-2-10-23-21)24-20(28)18-25-19(17-5-3-13-31-17)27(26-18)15-8-6-14(22)7-9-15/h2-10,13H,11-12H2,1H3,(H,24,28). The summed E-state index contributed by atoms with van der Waals surface area (Å²) in [7, 11) is 1.57. The van der Waals surface area contributed by atoms with Crippen molar-refractivity contribution in [2.75, 3.05) is 25.6 Å². The number of pyridine rings is 1. The number of hydrogen-bond donors (Lipinski definition) is 1. The molecule has 1 amide bonds. The molecule has 3 aromatic heterocycles. The van der Waals surface area contributed by atoms with E-state index in [1.807, 2.05) is 17.5 Å². The molecule has 8 nitrogen and oxygen atoms in total. The molecule has 1 aromatic carbocycles. The Bertz CT molecular complexity index is 1160. The minimum absolute atomic E-state index is 0.0422. The van der Waals surface area contributed by atoms with Crippen LogP contribution in [0.2, 0.25) is 0 Å². The highest BCUT2D eigenvalue weighted by atomic mass is 32.1. The average Bonchev–Trinajstić information content (AvgIpc) is 3.46. The van der Waals surface area contributed by atoms with Gasteiger partial charge in [-0.1, -0.05) is 6.07 Å². The van der Waals surface area contributed by atoms with Crippen LogP contribution in [0.25, 0.3) is 16.4 Å². The minimum atomic E-state index is -0.525. The smallest absolute Gasteiger partial charge is 0.295 e. The number of rotatable bonds is 8. The van der Waals surface area contributed by atoms with E-state index in [1.165, 1.54) is 28.2 Å². The van der Waals surface area contributed by atoms with Crippen LogP contribution in [0.5, 0.6) is 5.88 Å². The number of hydrogen-bond acceptors (Lipinski definition) is 7. The Morgan fingerprint density at radius 2 is 2.00 bits per heavy atom. The van der Waals surface area contributed by atoms with Crippen LogP contribution in [-0.4, -0.2) is 46.0 Å². The van der Waals surface area contributed by atoms with Crippen LogP contribution in [0.1, 0.15) is 10.6 Å². The van der Waals surface area contributed by atoms with Crippen molar-refractivity contribution in [1.29, 1.82) is 0 Å². The van der Waals surface area contributed by atoms with E-state index < -0.39 is 5.91 Å². The molecule has 0 unspecified atom stereocenters. The van der Waals surface area contributed by atoms with Crippen LogP contribution in [0.3, 0.4) is 0 Å². The van der Waals surface area contributed by atoms with Crippen molar-refractivity contribution in [3.63, 3.8) is 0 Å². The molecule has 0 spiro atoms. The first-order valence-corrected chi connectivity index (χ1v) is 10.2. The molecule has 0 saturated heterocycles. The highest BCUT2D eigenvalue weighted by Gasteiger charge is 2.20. The fourth-order valence-electron chi connectivity index (χ4n) is 2.74. The van der Waals surface area contributed by atoms with E-state index in [4.69, 9.17) is 9.47 Å². The Labute approximate surface area is 181 Å². The number of benzene rings is 1. The molecular weight excluding hydrogens is 421 g/mol. The van der Waals surface area contributed by atoms with Crippen LogP contribution in [-0.2, 0) is 4.74 Å². The fraction of sp³-hybridized carbons (Fsp3) is 0.143. The Morgan fingerprint density at radius 1 is 1.16 bits per heavy atom. The maximum Gasteiger partial charge on any atom is 0.295 e. The van der Waals surface area contributed by atoms with Crippen molar-refractivity contribution in [3.8, 4) is 22.3 Å². The Balaban J connectivity index is 1.64. The summed E-state index contributed by atoms with van der Waals surface area (Å²) >= 11 is 1.46. The molecule has 0 aliphatic carbocycles. The summed E-state index contributed by atoms with van der Waals surface area (Å²) in [6.45, 7) is 0.675. The molecule has 0 saturated carbocycles. The first kappa shape index (κ1) is 20.6. The third kappa shape index (κ3) is 4.76. The molecule has 1 N–H and O–H groups in total. The monoisotopic (exact) mass is 439 g/mol. The van der Waals surface area contributed by atoms with E-state index >= 15 is 0 Å². The number of aromatic nitrogens is 4. The molecule has 0 bridgehead atoms. The number of carbonyl (C=O) groups excluding carboxylic acids is 1. The summed E-state index contributed by atoms with van der Waals surface area (Å²) in [6.07, 6.45) is 1.56. The van der Waals surface area contributed by atoms with Crippen molar-refractivity contribution in [1.82, 2.24) is 19.7 Å². The van der Waals surface area contributed by atoms with Crippen LogP contribution >= 0.6 is 11.3 Å². The topological polar surface area (TPSA) is 91.2 Å². The van der Waals surface area contributed by atoms with Crippen LogP contribution in [0, 0.1) is 5.82 Å². The summed E-state index contributed by atoms with van der Waals surface area (Å²) in [6, 6.07) is 12.9. The third-order valence-corrected chi connectivity index (χ3v) is 5.03. The van der Waals surface area contributed by atoms with Gasteiger partial charge in [0.15, 0.2) is 5.82 Å². The zero-order valence-corrected chi connectivity index (χ0v) is 17.3. The Morgan fingerprint density at radius 3 is 2.74 bits per heavy atom. The Kier molecular flexibility index (Phi) is 6.29. The maximum absolute atomic E-state index is 13.4. The Hall–Kier alpha value is -3.63. The molecule has 4 aromatic rings. The molecule has 0 aliphatic heterocycles. The lowest BCUT2D eigenvalue weighted by molar-refractivity contribution is 0.101. The number of methoxy groups -OCH3 is 1. The van der Waals surface area contributed by atoms with Gasteiger partial charge in [-0.15, -0.1) is 16.4 Å². The molecular formula is C21H18FN5O3S. The summed E-state index contributed by atoms with van der Waals surface area (Å²) in [5.74, 6) is -0.182. The first-order chi connectivity index (χ1) is 15.2. The number of nitrogens with one attached hydrogen (secondary N) is 1. The number of anilines is 1. The van der Waals surface area contributed by atoms with E-state index in [1.54, 1.807) is 37.6 Å². The molecule has 31 heavy (non-hydrogen) atoms. The second kappa shape index (κ2) is 9.45. The molecule has 4 rings (SSSR count). The van der Waals surface area contributed by atoms with E-state index in [-0.39, 0.29) is 24.1 Å². The maximum atomic E-state index is 13.4. The van der Waals surface area contributed by atoms with Gasteiger partial charge in [0, 0.05) is 13.3 Å². The van der Waals surface area contributed by atoms with Crippen molar-refractivity contribution in [2.45, 2.75) is 0 Å². The normalized spacial score (nSPS) is 10.8. The summed E-state index contributed by atoms with van der Waals surface area (Å²) in [4.78, 5) is 22.3. The molecule has 0 atom stereocenters.